The number of anilines is 1. The van der Waals surface area contributed by atoms with Crippen molar-refractivity contribution in [1.29, 1.82) is 0 Å². The van der Waals surface area contributed by atoms with Crippen molar-refractivity contribution in [3.63, 3.8) is 0 Å². The third-order valence-electron chi connectivity index (χ3n) is 4.36. The second-order valence-electron chi connectivity index (χ2n) is 5.82. The molecule has 0 aliphatic carbocycles. The summed E-state index contributed by atoms with van der Waals surface area (Å²) in [6.07, 6.45) is 5.33. The highest BCUT2D eigenvalue weighted by Crippen LogP contribution is 2.28. The van der Waals surface area contributed by atoms with Crippen molar-refractivity contribution in [1.82, 2.24) is 4.90 Å². The topological polar surface area (TPSA) is 41.6 Å². The first-order valence-corrected chi connectivity index (χ1v) is 8.07. The summed E-state index contributed by atoms with van der Waals surface area (Å²) >= 11 is 5.91. The van der Waals surface area contributed by atoms with E-state index in [2.05, 4.69) is 10.2 Å². The molecule has 2 saturated heterocycles. The molecular formula is C16H22Cl2N2O2. The number of fused-ring (bicyclic) bond motifs is 1. The van der Waals surface area contributed by atoms with E-state index in [9.17, 15) is 4.79 Å². The lowest BCUT2D eigenvalue weighted by Crippen LogP contribution is -2.52. The Morgan fingerprint density at radius 1 is 1.23 bits per heavy atom. The molecule has 2 heterocycles. The molecule has 122 valence electrons. The average molecular weight is 345 g/mol. The number of amides is 1. The van der Waals surface area contributed by atoms with E-state index in [1.165, 1.54) is 12.8 Å². The molecule has 1 aromatic rings. The first-order valence-electron chi connectivity index (χ1n) is 7.69. The van der Waals surface area contributed by atoms with E-state index >= 15 is 0 Å². The van der Waals surface area contributed by atoms with Gasteiger partial charge >= 0.3 is 6.09 Å². The molecule has 0 aromatic heterocycles. The van der Waals surface area contributed by atoms with Crippen molar-refractivity contribution in [2.45, 2.75) is 44.2 Å². The van der Waals surface area contributed by atoms with Crippen LogP contribution in [-0.2, 0) is 4.74 Å². The summed E-state index contributed by atoms with van der Waals surface area (Å²) in [6.45, 7) is 2.28. The molecule has 4 nitrogen and oxygen atoms in total. The van der Waals surface area contributed by atoms with Gasteiger partial charge in [0.05, 0.1) is 0 Å². The maximum atomic E-state index is 12.1. The Morgan fingerprint density at radius 3 is 2.86 bits per heavy atom. The van der Waals surface area contributed by atoms with Gasteiger partial charge < -0.3 is 4.74 Å². The summed E-state index contributed by atoms with van der Waals surface area (Å²) in [4.78, 5) is 14.5. The summed E-state index contributed by atoms with van der Waals surface area (Å²) in [5, 5.41) is 3.36. The van der Waals surface area contributed by atoms with Crippen LogP contribution in [0.25, 0.3) is 0 Å². The number of benzene rings is 1. The molecule has 2 unspecified atom stereocenters. The number of ether oxygens (including phenoxy) is 1. The van der Waals surface area contributed by atoms with Crippen LogP contribution >= 0.6 is 24.0 Å². The van der Waals surface area contributed by atoms with Gasteiger partial charge in [-0.15, -0.1) is 12.4 Å². The first kappa shape index (κ1) is 17.4. The largest absolute Gasteiger partial charge is 0.444 e. The summed E-state index contributed by atoms with van der Waals surface area (Å²) in [6, 6.07) is 7.51. The van der Waals surface area contributed by atoms with E-state index in [1.807, 2.05) is 0 Å². The van der Waals surface area contributed by atoms with Gasteiger partial charge in [-0.05, 0) is 57.0 Å². The highest BCUT2D eigenvalue weighted by Gasteiger charge is 2.35. The first-order chi connectivity index (χ1) is 10.2. The van der Waals surface area contributed by atoms with Crippen LogP contribution in [0.3, 0.4) is 0 Å². The third kappa shape index (κ3) is 4.28. The molecular weight excluding hydrogens is 323 g/mol. The van der Waals surface area contributed by atoms with Crippen LogP contribution in [0.15, 0.2) is 24.3 Å². The predicted octanol–water partition coefficient (Wildman–Crippen LogP) is 4.33. The lowest BCUT2D eigenvalue weighted by molar-refractivity contribution is -0.0156. The van der Waals surface area contributed by atoms with Crippen molar-refractivity contribution in [3.8, 4) is 0 Å². The van der Waals surface area contributed by atoms with Gasteiger partial charge in [-0.1, -0.05) is 24.1 Å². The highest BCUT2D eigenvalue weighted by molar-refractivity contribution is 6.30. The second-order valence-corrected chi connectivity index (χ2v) is 6.26. The van der Waals surface area contributed by atoms with Gasteiger partial charge in [0.15, 0.2) is 0 Å². The molecule has 2 atom stereocenters. The molecule has 0 spiro atoms. The number of hydrogen-bond acceptors (Lipinski definition) is 3. The van der Waals surface area contributed by atoms with Crippen molar-refractivity contribution in [3.05, 3.63) is 29.3 Å². The zero-order valence-corrected chi connectivity index (χ0v) is 14.0. The Bertz CT molecular complexity index is 511. The van der Waals surface area contributed by atoms with Crippen molar-refractivity contribution in [2.75, 3.05) is 18.4 Å². The van der Waals surface area contributed by atoms with Gasteiger partial charge in [0, 0.05) is 16.8 Å². The van der Waals surface area contributed by atoms with E-state index in [-0.39, 0.29) is 24.6 Å². The van der Waals surface area contributed by atoms with Crippen LogP contribution in [0.1, 0.15) is 32.1 Å². The fourth-order valence-corrected chi connectivity index (χ4v) is 3.58. The molecule has 2 aliphatic rings. The summed E-state index contributed by atoms with van der Waals surface area (Å²) in [7, 11) is 0. The molecule has 1 N–H and O–H groups in total. The Kier molecular flexibility index (Phi) is 6.36. The molecule has 6 heteroatoms. The number of carbonyl (C=O) groups is 1. The van der Waals surface area contributed by atoms with Gasteiger partial charge in [0.1, 0.15) is 6.10 Å². The molecule has 0 bridgehead atoms. The van der Waals surface area contributed by atoms with Crippen LogP contribution in [0.4, 0.5) is 10.5 Å². The van der Waals surface area contributed by atoms with Gasteiger partial charge in [-0.25, -0.2) is 4.79 Å². The number of rotatable bonds is 2. The summed E-state index contributed by atoms with van der Waals surface area (Å²) < 4.78 is 5.67. The fraction of sp³-hybridized carbons (Fsp3) is 0.562. The summed E-state index contributed by atoms with van der Waals surface area (Å²) in [5.41, 5.74) is 0.670. The number of nitrogens with zero attached hydrogens (tertiary/aromatic N) is 1. The van der Waals surface area contributed by atoms with Gasteiger partial charge in [-0.3, -0.25) is 10.2 Å². The second kappa shape index (κ2) is 8.04. The number of nitrogens with one attached hydrogen (secondary N) is 1. The zero-order chi connectivity index (χ0) is 14.7. The quantitative estimate of drug-likeness (QED) is 0.868. The minimum atomic E-state index is -0.380. The lowest BCUT2D eigenvalue weighted by Gasteiger charge is -2.43. The van der Waals surface area contributed by atoms with Gasteiger partial charge in [0.2, 0.25) is 0 Å². The monoisotopic (exact) mass is 344 g/mol. The normalized spacial score (nSPS) is 24.8. The van der Waals surface area contributed by atoms with E-state index in [0.29, 0.717) is 16.8 Å². The Labute approximate surface area is 142 Å². The van der Waals surface area contributed by atoms with E-state index in [0.717, 1.165) is 32.4 Å². The van der Waals surface area contributed by atoms with Crippen LogP contribution in [-0.4, -0.2) is 36.2 Å². The molecule has 0 saturated carbocycles. The third-order valence-corrected chi connectivity index (χ3v) is 4.59. The molecule has 22 heavy (non-hydrogen) atoms. The molecule has 1 amide bonds. The number of hydrogen-bond donors (Lipinski definition) is 1. The summed E-state index contributed by atoms with van der Waals surface area (Å²) in [5.74, 6) is 0. The van der Waals surface area contributed by atoms with Crippen LogP contribution in [0.2, 0.25) is 5.02 Å². The standard InChI is InChI=1S/C16H21ClN2O2.ClH/c17-12-5-3-6-13(11-12)18-16(20)21-15-8-4-10-19-9-2-1-7-14(15)19;/h3,5-6,11,14-15H,1-2,4,7-10H2,(H,18,20);1H. The van der Waals surface area contributed by atoms with E-state index in [4.69, 9.17) is 16.3 Å². The Balaban J connectivity index is 0.00000176. The SMILES string of the molecule is Cl.O=C(Nc1cccc(Cl)c1)OC1CCCN2CCCCC12. The minimum Gasteiger partial charge on any atom is -0.444 e. The number of carbonyl (C=O) groups excluding carboxylic acids is 1. The maximum Gasteiger partial charge on any atom is 0.411 e. The fourth-order valence-electron chi connectivity index (χ4n) is 3.39. The van der Waals surface area contributed by atoms with Crippen molar-refractivity contribution >= 4 is 35.8 Å². The van der Waals surface area contributed by atoms with E-state index in [1.54, 1.807) is 24.3 Å². The van der Waals surface area contributed by atoms with Crippen molar-refractivity contribution in [2.24, 2.45) is 0 Å². The number of halogens is 2. The average Bonchev–Trinajstić information content (AvgIpc) is 2.47. The molecule has 0 radical (unpaired) electrons. The lowest BCUT2D eigenvalue weighted by atomic mass is 9.91. The van der Waals surface area contributed by atoms with Crippen LogP contribution < -0.4 is 5.32 Å². The van der Waals surface area contributed by atoms with Gasteiger partial charge in [-0.2, -0.15) is 0 Å². The zero-order valence-electron chi connectivity index (χ0n) is 12.5. The predicted molar refractivity (Wildman–Crippen MR) is 91.0 cm³/mol. The van der Waals surface area contributed by atoms with Crippen LogP contribution in [0, 0.1) is 0 Å². The van der Waals surface area contributed by atoms with Crippen molar-refractivity contribution < 1.29 is 9.53 Å². The van der Waals surface area contributed by atoms with Gasteiger partial charge in [0.25, 0.3) is 0 Å². The molecule has 2 fully saturated rings. The minimum absolute atomic E-state index is 0. The smallest absolute Gasteiger partial charge is 0.411 e. The number of piperidine rings is 2. The Morgan fingerprint density at radius 2 is 2.05 bits per heavy atom. The van der Waals surface area contributed by atoms with Crippen LogP contribution in [0.5, 0.6) is 0 Å². The molecule has 1 aromatic carbocycles. The molecule has 3 rings (SSSR count). The molecule has 2 aliphatic heterocycles. The highest BCUT2D eigenvalue weighted by atomic mass is 35.5. The Hall–Kier alpha value is -0.970. The maximum absolute atomic E-state index is 12.1. The van der Waals surface area contributed by atoms with E-state index < -0.39 is 0 Å².